The van der Waals surface area contributed by atoms with E-state index in [9.17, 15) is 9.90 Å². The van der Waals surface area contributed by atoms with Crippen LogP contribution in [0.5, 0.6) is 5.88 Å². The topological polar surface area (TPSA) is 124 Å². The van der Waals surface area contributed by atoms with Gasteiger partial charge in [-0.1, -0.05) is 24.3 Å². The minimum Gasteiger partial charge on any atom is -0.473 e. The third kappa shape index (κ3) is 4.73. The molecular weight excluding hydrogens is 398 g/mol. The van der Waals surface area contributed by atoms with Crippen LogP contribution in [0.15, 0.2) is 42.7 Å². The standard InChI is InChI=1S/C22H25N5O4/c1-22(2,29)15-5-3-14(4-6-15)17-11-18-19(25-8-7-24-18)20(26-17)31-13-16-12-27(21(23)28)9-10-30-16/h3-8,11,16,29H,9-10,12-13H2,1-2H3,(H2,23,28). The van der Waals surface area contributed by atoms with E-state index in [4.69, 9.17) is 15.2 Å². The summed E-state index contributed by atoms with van der Waals surface area (Å²) in [7, 11) is 0. The quantitative estimate of drug-likeness (QED) is 0.644. The fourth-order valence-corrected chi connectivity index (χ4v) is 3.43. The van der Waals surface area contributed by atoms with Crippen molar-refractivity contribution in [2.75, 3.05) is 26.3 Å². The number of carbonyl (C=O) groups is 1. The van der Waals surface area contributed by atoms with Crippen molar-refractivity contribution in [1.29, 1.82) is 0 Å². The molecule has 0 radical (unpaired) electrons. The molecule has 1 aliphatic heterocycles. The van der Waals surface area contributed by atoms with Crippen LogP contribution in [0.3, 0.4) is 0 Å². The summed E-state index contributed by atoms with van der Waals surface area (Å²) in [5.74, 6) is 0.340. The summed E-state index contributed by atoms with van der Waals surface area (Å²) < 4.78 is 11.7. The van der Waals surface area contributed by atoms with Gasteiger partial charge in [-0.3, -0.25) is 4.98 Å². The van der Waals surface area contributed by atoms with E-state index in [0.29, 0.717) is 42.3 Å². The molecule has 31 heavy (non-hydrogen) atoms. The summed E-state index contributed by atoms with van der Waals surface area (Å²) in [5, 5.41) is 10.2. The number of morpholine rings is 1. The van der Waals surface area contributed by atoms with Gasteiger partial charge in [0, 0.05) is 24.5 Å². The maximum atomic E-state index is 11.4. The van der Waals surface area contributed by atoms with Crippen molar-refractivity contribution in [3.63, 3.8) is 0 Å². The van der Waals surface area contributed by atoms with E-state index < -0.39 is 11.6 Å². The van der Waals surface area contributed by atoms with Crippen LogP contribution in [-0.4, -0.2) is 63.4 Å². The monoisotopic (exact) mass is 423 g/mol. The van der Waals surface area contributed by atoms with E-state index in [2.05, 4.69) is 15.0 Å². The van der Waals surface area contributed by atoms with Crippen molar-refractivity contribution < 1.29 is 19.4 Å². The Balaban J connectivity index is 1.60. The first-order chi connectivity index (χ1) is 14.8. The third-order valence-corrected chi connectivity index (χ3v) is 5.17. The van der Waals surface area contributed by atoms with Crippen LogP contribution in [0.1, 0.15) is 19.4 Å². The lowest BCUT2D eigenvalue weighted by Gasteiger charge is -2.31. The summed E-state index contributed by atoms with van der Waals surface area (Å²) in [4.78, 5) is 26.4. The average molecular weight is 423 g/mol. The summed E-state index contributed by atoms with van der Waals surface area (Å²) in [5.41, 5.74) is 7.99. The first-order valence-electron chi connectivity index (χ1n) is 10.0. The van der Waals surface area contributed by atoms with Gasteiger partial charge in [-0.15, -0.1) is 0 Å². The SMILES string of the molecule is CC(C)(O)c1ccc(-c2cc3nccnc3c(OCC3CN(C(N)=O)CCO3)n2)cc1. The molecule has 1 atom stereocenters. The molecule has 0 saturated carbocycles. The fourth-order valence-electron chi connectivity index (χ4n) is 3.43. The molecule has 1 aromatic carbocycles. The molecule has 1 aliphatic rings. The smallest absolute Gasteiger partial charge is 0.314 e. The molecular formula is C22H25N5O4. The number of ether oxygens (including phenoxy) is 2. The van der Waals surface area contributed by atoms with E-state index in [1.165, 1.54) is 4.90 Å². The molecule has 3 heterocycles. The Labute approximate surface area is 179 Å². The predicted octanol–water partition coefficient (Wildman–Crippen LogP) is 2.08. The molecule has 162 valence electrons. The van der Waals surface area contributed by atoms with E-state index in [1.807, 2.05) is 30.3 Å². The summed E-state index contributed by atoms with van der Waals surface area (Å²) in [6.45, 7) is 4.91. The number of nitrogens with two attached hydrogens (primary N) is 1. The van der Waals surface area contributed by atoms with Crippen LogP contribution < -0.4 is 10.5 Å². The molecule has 2 amide bonds. The van der Waals surface area contributed by atoms with Crippen LogP contribution in [-0.2, 0) is 10.3 Å². The largest absolute Gasteiger partial charge is 0.473 e. The number of amides is 2. The van der Waals surface area contributed by atoms with Crippen LogP contribution in [0.2, 0.25) is 0 Å². The molecule has 9 heteroatoms. The zero-order chi connectivity index (χ0) is 22.0. The lowest BCUT2D eigenvalue weighted by Crippen LogP contribution is -2.49. The molecule has 1 fully saturated rings. The lowest BCUT2D eigenvalue weighted by molar-refractivity contribution is -0.0346. The second-order valence-electron chi connectivity index (χ2n) is 7.96. The van der Waals surface area contributed by atoms with Crippen LogP contribution in [0, 0.1) is 0 Å². The average Bonchev–Trinajstić information content (AvgIpc) is 2.77. The Morgan fingerprint density at radius 2 is 2.03 bits per heavy atom. The first kappa shape index (κ1) is 21.0. The molecule has 0 aliphatic carbocycles. The number of hydrogen-bond donors (Lipinski definition) is 2. The number of fused-ring (bicyclic) bond motifs is 1. The highest BCUT2D eigenvalue weighted by molar-refractivity contribution is 5.83. The second-order valence-corrected chi connectivity index (χ2v) is 7.96. The number of rotatable bonds is 5. The van der Waals surface area contributed by atoms with Crippen molar-refractivity contribution in [3.05, 3.63) is 48.3 Å². The normalized spacial score (nSPS) is 17.0. The predicted molar refractivity (Wildman–Crippen MR) is 114 cm³/mol. The Bertz CT molecular complexity index is 1080. The van der Waals surface area contributed by atoms with Crippen molar-refractivity contribution in [2.24, 2.45) is 5.73 Å². The minimum atomic E-state index is -0.923. The maximum Gasteiger partial charge on any atom is 0.314 e. The second kappa shape index (κ2) is 8.44. The molecule has 0 bridgehead atoms. The number of pyridine rings is 1. The highest BCUT2D eigenvalue weighted by Crippen LogP contribution is 2.29. The molecule has 1 saturated heterocycles. The van der Waals surface area contributed by atoms with Gasteiger partial charge in [-0.05, 0) is 25.5 Å². The fraction of sp³-hybridized carbons (Fsp3) is 0.364. The van der Waals surface area contributed by atoms with E-state index in [1.54, 1.807) is 26.2 Å². The van der Waals surface area contributed by atoms with Gasteiger partial charge in [-0.25, -0.2) is 14.8 Å². The zero-order valence-electron chi connectivity index (χ0n) is 17.5. The number of primary amides is 1. The lowest BCUT2D eigenvalue weighted by atomic mass is 9.96. The van der Waals surface area contributed by atoms with Crippen LogP contribution >= 0.6 is 0 Å². The van der Waals surface area contributed by atoms with Crippen LogP contribution in [0.25, 0.3) is 22.3 Å². The van der Waals surface area contributed by atoms with Gasteiger partial charge < -0.3 is 25.2 Å². The molecule has 9 nitrogen and oxygen atoms in total. The van der Waals surface area contributed by atoms with Gasteiger partial charge in [0.15, 0.2) is 5.52 Å². The Hall–Kier alpha value is -3.30. The number of aromatic nitrogens is 3. The van der Waals surface area contributed by atoms with Crippen molar-refractivity contribution in [1.82, 2.24) is 19.9 Å². The summed E-state index contributed by atoms with van der Waals surface area (Å²) >= 11 is 0. The van der Waals surface area contributed by atoms with Gasteiger partial charge in [-0.2, -0.15) is 0 Å². The van der Waals surface area contributed by atoms with E-state index in [0.717, 1.165) is 11.1 Å². The minimum absolute atomic E-state index is 0.198. The van der Waals surface area contributed by atoms with Gasteiger partial charge in [0.25, 0.3) is 0 Å². The Kier molecular flexibility index (Phi) is 5.71. The van der Waals surface area contributed by atoms with Gasteiger partial charge in [0.05, 0.1) is 30.0 Å². The molecule has 4 rings (SSSR count). The third-order valence-electron chi connectivity index (χ3n) is 5.17. The maximum absolute atomic E-state index is 11.4. The Morgan fingerprint density at radius 3 is 2.74 bits per heavy atom. The number of carbonyl (C=O) groups excluding carboxylic acids is 1. The van der Waals surface area contributed by atoms with Crippen molar-refractivity contribution >= 4 is 17.1 Å². The summed E-state index contributed by atoms with van der Waals surface area (Å²) in [6, 6.07) is 8.91. The first-order valence-corrected chi connectivity index (χ1v) is 10.0. The van der Waals surface area contributed by atoms with Gasteiger partial charge >= 0.3 is 6.03 Å². The van der Waals surface area contributed by atoms with Crippen LogP contribution in [0.4, 0.5) is 4.79 Å². The van der Waals surface area contributed by atoms with Crippen molar-refractivity contribution in [3.8, 4) is 17.1 Å². The summed E-state index contributed by atoms with van der Waals surface area (Å²) in [6.07, 6.45) is 2.88. The number of benzene rings is 1. The molecule has 0 spiro atoms. The molecule has 3 N–H and O–H groups in total. The highest BCUT2D eigenvalue weighted by atomic mass is 16.5. The van der Waals surface area contributed by atoms with Crippen molar-refractivity contribution in [2.45, 2.75) is 25.6 Å². The number of aliphatic hydroxyl groups is 1. The van der Waals surface area contributed by atoms with Gasteiger partial charge in [0.2, 0.25) is 5.88 Å². The number of hydrogen-bond acceptors (Lipinski definition) is 7. The zero-order valence-corrected chi connectivity index (χ0v) is 17.5. The molecule has 2 aromatic heterocycles. The molecule has 1 unspecified atom stereocenters. The Morgan fingerprint density at radius 1 is 1.29 bits per heavy atom. The van der Waals surface area contributed by atoms with Gasteiger partial charge in [0.1, 0.15) is 12.7 Å². The molecule has 3 aromatic rings. The highest BCUT2D eigenvalue weighted by Gasteiger charge is 2.24. The van der Waals surface area contributed by atoms with E-state index in [-0.39, 0.29) is 12.7 Å². The van der Waals surface area contributed by atoms with E-state index >= 15 is 0 Å². The number of urea groups is 1. The number of nitrogens with zero attached hydrogens (tertiary/aromatic N) is 4.